The van der Waals surface area contributed by atoms with E-state index in [1.165, 1.54) is 6.07 Å². The summed E-state index contributed by atoms with van der Waals surface area (Å²) in [5.41, 5.74) is 5.19. The van der Waals surface area contributed by atoms with Crippen molar-refractivity contribution < 1.29 is 18.5 Å². The van der Waals surface area contributed by atoms with E-state index >= 15 is 0 Å². The lowest BCUT2D eigenvalue weighted by molar-refractivity contribution is 0.275. The standard InChI is InChI=1S/C28H27BClFN2O4/c1-13(2)27-15(4)26(34)20-9-14(3)8-19(28(20)37-27)16(5)32-22-6-7-23(30)33-25(22)17-10-18-12-36-29(35)24(18)21(31)11-17/h6-11,13,16,32,35H,12H2,1-5H3/t16-/m1/s1. The number of pyridine rings is 1. The van der Waals surface area contributed by atoms with E-state index in [1.807, 2.05) is 39.8 Å². The Labute approximate surface area is 219 Å². The Morgan fingerprint density at radius 3 is 2.65 bits per heavy atom. The molecule has 37 heavy (non-hydrogen) atoms. The monoisotopic (exact) mass is 520 g/mol. The van der Waals surface area contributed by atoms with Crippen molar-refractivity contribution >= 4 is 40.8 Å². The van der Waals surface area contributed by atoms with Crippen LogP contribution in [0.5, 0.6) is 0 Å². The molecule has 0 aliphatic carbocycles. The number of aryl methyl sites for hydroxylation is 1. The van der Waals surface area contributed by atoms with Crippen molar-refractivity contribution in [2.24, 2.45) is 0 Å². The highest BCUT2D eigenvalue weighted by atomic mass is 35.5. The topological polar surface area (TPSA) is 84.6 Å². The molecule has 1 atom stereocenters. The predicted octanol–water partition coefficient (Wildman–Crippen LogP) is 5.78. The van der Waals surface area contributed by atoms with E-state index in [2.05, 4.69) is 10.3 Å². The lowest BCUT2D eigenvalue weighted by Crippen LogP contribution is -2.31. The Hall–Kier alpha value is -3.20. The van der Waals surface area contributed by atoms with Crippen molar-refractivity contribution in [2.45, 2.75) is 53.2 Å². The second kappa shape index (κ2) is 9.60. The molecular weight excluding hydrogens is 494 g/mol. The van der Waals surface area contributed by atoms with Gasteiger partial charge in [-0.2, -0.15) is 0 Å². The zero-order valence-electron chi connectivity index (χ0n) is 21.3. The van der Waals surface area contributed by atoms with Crippen molar-refractivity contribution in [2.75, 3.05) is 5.32 Å². The summed E-state index contributed by atoms with van der Waals surface area (Å²) in [5, 5.41) is 14.2. The van der Waals surface area contributed by atoms with Gasteiger partial charge in [0.05, 0.1) is 29.4 Å². The summed E-state index contributed by atoms with van der Waals surface area (Å²) < 4.78 is 26.4. The molecule has 0 saturated heterocycles. The first-order valence-corrected chi connectivity index (χ1v) is 12.6. The molecule has 9 heteroatoms. The number of nitrogens with zero attached hydrogens (tertiary/aromatic N) is 1. The van der Waals surface area contributed by atoms with Crippen LogP contribution in [-0.2, 0) is 11.3 Å². The Morgan fingerprint density at radius 1 is 1.16 bits per heavy atom. The van der Waals surface area contributed by atoms with Crippen LogP contribution in [0.4, 0.5) is 10.1 Å². The van der Waals surface area contributed by atoms with Gasteiger partial charge in [-0.3, -0.25) is 4.79 Å². The molecule has 0 radical (unpaired) electrons. The van der Waals surface area contributed by atoms with Crippen LogP contribution in [0, 0.1) is 19.7 Å². The molecule has 0 amide bonds. The maximum atomic E-state index is 14.9. The van der Waals surface area contributed by atoms with Crippen LogP contribution < -0.4 is 16.2 Å². The summed E-state index contributed by atoms with van der Waals surface area (Å²) in [5.74, 6) is 0.154. The van der Waals surface area contributed by atoms with Gasteiger partial charge in [0.1, 0.15) is 22.3 Å². The van der Waals surface area contributed by atoms with Crippen LogP contribution in [-0.4, -0.2) is 17.1 Å². The molecule has 3 heterocycles. The minimum Gasteiger partial charge on any atom is -0.460 e. The number of aromatic nitrogens is 1. The van der Waals surface area contributed by atoms with Crippen molar-refractivity contribution in [3.05, 3.63) is 85.6 Å². The highest BCUT2D eigenvalue weighted by molar-refractivity contribution is 6.61. The molecule has 0 bridgehead atoms. The van der Waals surface area contributed by atoms with Gasteiger partial charge in [0.15, 0.2) is 5.43 Å². The molecule has 0 fully saturated rings. The number of hydrogen-bond acceptors (Lipinski definition) is 6. The van der Waals surface area contributed by atoms with Crippen LogP contribution in [0.1, 0.15) is 60.7 Å². The molecule has 1 aliphatic heterocycles. The van der Waals surface area contributed by atoms with E-state index in [-0.39, 0.29) is 34.6 Å². The van der Waals surface area contributed by atoms with Crippen LogP contribution in [0.25, 0.3) is 22.2 Å². The van der Waals surface area contributed by atoms with Gasteiger partial charge >= 0.3 is 7.12 Å². The van der Waals surface area contributed by atoms with E-state index in [0.29, 0.717) is 44.8 Å². The van der Waals surface area contributed by atoms with E-state index in [4.69, 9.17) is 20.7 Å². The van der Waals surface area contributed by atoms with Gasteiger partial charge < -0.3 is 19.4 Å². The predicted molar refractivity (Wildman–Crippen MR) is 145 cm³/mol. The summed E-state index contributed by atoms with van der Waals surface area (Å²) in [7, 11) is -1.28. The first-order valence-electron chi connectivity index (χ1n) is 12.2. The van der Waals surface area contributed by atoms with Crippen LogP contribution >= 0.6 is 11.6 Å². The summed E-state index contributed by atoms with van der Waals surface area (Å²) in [4.78, 5) is 17.7. The summed E-state index contributed by atoms with van der Waals surface area (Å²) in [6.07, 6.45) is 0. The molecule has 1 aliphatic rings. The van der Waals surface area contributed by atoms with Crippen molar-refractivity contribution in [1.82, 2.24) is 4.98 Å². The van der Waals surface area contributed by atoms with Gasteiger partial charge in [-0.25, -0.2) is 9.37 Å². The van der Waals surface area contributed by atoms with Crippen molar-refractivity contribution in [3.8, 4) is 11.3 Å². The number of nitrogens with one attached hydrogen (secondary N) is 1. The number of anilines is 1. The number of halogens is 2. The fraction of sp³-hybridized carbons (Fsp3) is 0.286. The number of hydrogen-bond donors (Lipinski definition) is 2. The average Bonchev–Trinajstić information content (AvgIpc) is 3.23. The first kappa shape index (κ1) is 25.5. The number of rotatable bonds is 5. The minimum absolute atomic E-state index is 0.0334. The Bertz CT molecular complexity index is 1600. The molecule has 4 aromatic rings. The van der Waals surface area contributed by atoms with Gasteiger partial charge in [0, 0.05) is 28.1 Å². The Kier molecular flexibility index (Phi) is 6.60. The fourth-order valence-corrected chi connectivity index (χ4v) is 5.15. The van der Waals surface area contributed by atoms with Crippen LogP contribution in [0.3, 0.4) is 0 Å². The number of benzene rings is 2. The van der Waals surface area contributed by atoms with E-state index in [0.717, 1.165) is 11.1 Å². The molecule has 2 N–H and O–H groups in total. The third kappa shape index (κ3) is 4.54. The van der Waals surface area contributed by atoms with Gasteiger partial charge in [-0.15, -0.1) is 0 Å². The first-order chi connectivity index (χ1) is 17.5. The van der Waals surface area contributed by atoms with E-state index < -0.39 is 12.9 Å². The lowest BCUT2D eigenvalue weighted by Gasteiger charge is -2.21. The maximum Gasteiger partial charge on any atom is 0.494 e. The van der Waals surface area contributed by atoms with E-state index in [9.17, 15) is 14.2 Å². The Balaban J connectivity index is 1.61. The molecule has 0 unspecified atom stereocenters. The molecular formula is C28H27BClFN2O4. The molecule has 5 rings (SSSR count). The van der Waals surface area contributed by atoms with Crippen molar-refractivity contribution in [3.63, 3.8) is 0 Å². The second-order valence-corrected chi connectivity index (χ2v) is 10.3. The SMILES string of the molecule is Cc1cc([C@@H](C)Nc2ccc(Cl)nc2-c2cc(F)c3c(c2)COB3O)c2oc(C(C)C)c(C)c(=O)c2c1. The highest BCUT2D eigenvalue weighted by Crippen LogP contribution is 2.35. The normalized spacial score (nSPS) is 13.9. The molecule has 2 aromatic carbocycles. The maximum absolute atomic E-state index is 14.9. The van der Waals surface area contributed by atoms with Gasteiger partial charge in [-0.05, 0) is 62.2 Å². The van der Waals surface area contributed by atoms with Gasteiger partial charge in [0.2, 0.25) is 0 Å². The summed E-state index contributed by atoms with van der Waals surface area (Å²) >= 11 is 6.23. The van der Waals surface area contributed by atoms with Crippen molar-refractivity contribution in [1.29, 1.82) is 0 Å². The molecule has 0 spiro atoms. The fourth-order valence-electron chi connectivity index (χ4n) is 5.00. The molecule has 6 nitrogen and oxygen atoms in total. The molecule has 2 aromatic heterocycles. The van der Waals surface area contributed by atoms with Gasteiger partial charge in [-0.1, -0.05) is 31.5 Å². The largest absolute Gasteiger partial charge is 0.494 e. The number of fused-ring (bicyclic) bond motifs is 2. The second-order valence-electron chi connectivity index (χ2n) is 9.90. The molecule has 0 saturated carbocycles. The Morgan fingerprint density at radius 2 is 1.92 bits per heavy atom. The molecule has 190 valence electrons. The quantitative estimate of drug-likeness (QED) is 0.256. The smallest absolute Gasteiger partial charge is 0.460 e. The average molecular weight is 521 g/mol. The lowest BCUT2D eigenvalue weighted by atomic mass is 9.78. The zero-order chi connectivity index (χ0) is 26.6. The third-order valence-corrected chi connectivity index (χ3v) is 7.00. The van der Waals surface area contributed by atoms with Crippen LogP contribution in [0.2, 0.25) is 5.15 Å². The highest BCUT2D eigenvalue weighted by Gasteiger charge is 2.32. The summed E-state index contributed by atoms with van der Waals surface area (Å²) in [6.45, 7) is 9.81. The van der Waals surface area contributed by atoms with Gasteiger partial charge in [0.25, 0.3) is 0 Å². The van der Waals surface area contributed by atoms with E-state index in [1.54, 1.807) is 25.1 Å². The van der Waals surface area contributed by atoms with Crippen LogP contribution in [0.15, 0.2) is 45.6 Å². The zero-order valence-corrected chi connectivity index (χ0v) is 22.0. The third-order valence-electron chi connectivity index (χ3n) is 6.79. The minimum atomic E-state index is -1.28. The summed E-state index contributed by atoms with van der Waals surface area (Å²) in [6, 6.07) is 10.1.